The molecule has 1 N–H and O–H groups in total. The third-order valence-electron chi connectivity index (χ3n) is 2.29. The summed E-state index contributed by atoms with van der Waals surface area (Å²) in [5.74, 6) is 0.00231. The maximum absolute atomic E-state index is 11.7. The van der Waals surface area contributed by atoms with Crippen LogP contribution >= 0.6 is 0 Å². The minimum absolute atomic E-state index is 0.00231. The normalized spacial score (nSPS) is 21.7. The first kappa shape index (κ1) is 12.3. The standard InChI is InChI=1S/C9H16F2N2O2/c1-2-8-12-5-9(14)13(8)3-4-15-6-7(10)11/h7-8,12H,2-6H2,1H3. The Labute approximate surface area is 87.6 Å². The van der Waals surface area contributed by atoms with Crippen LogP contribution in [0.5, 0.6) is 0 Å². The van der Waals surface area contributed by atoms with Gasteiger partial charge in [-0.15, -0.1) is 0 Å². The SMILES string of the molecule is CCC1NCC(=O)N1CCOCC(F)F. The minimum atomic E-state index is -2.45. The molecule has 88 valence electrons. The van der Waals surface area contributed by atoms with Gasteiger partial charge in [0.25, 0.3) is 6.43 Å². The molecule has 0 aliphatic carbocycles. The molecule has 1 amide bonds. The van der Waals surface area contributed by atoms with Crippen LogP contribution in [0, 0.1) is 0 Å². The van der Waals surface area contributed by atoms with Gasteiger partial charge in [-0.2, -0.15) is 0 Å². The molecule has 1 aliphatic heterocycles. The zero-order valence-electron chi connectivity index (χ0n) is 8.71. The van der Waals surface area contributed by atoms with Gasteiger partial charge in [0.2, 0.25) is 5.91 Å². The number of alkyl halides is 2. The fourth-order valence-corrected chi connectivity index (χ4v) is 1.57. The van der Waals surface area contributed by atoms with Gasteiger partial charge in [-0.3, -0.25) is 10.1 Å². The molecule has 6 heteroatoms. The molecule has 1 aliphatic rings. The van der Waals surface area contributed by atoms with E-state index in [0.717, 1.165) is 6.42 Å². The highest BCUT2D eigenvalue weighted by molar-refractivity contribution is 5.80. The number of nitrogens with zero attached hydrogens (tertiary/aromatic N) is 1. The highest BCUT2D eigenvalue weighted by Crippen LogP contribution is 2.07. The van der Waals surface area contributed by atoms with Gasteiger partial charge in [-0.05, 0) is 6.42 Å². The molecule has 1 saturated heterocycles. The molecular weight excluding hydrogens is 206 g/mol. The van der Waals surface area contributed by atoms with Crippen molar-refractivity contribution >= 4 is 5.91 Å². The predicted octanol–water partition coefficient (Wildman–Crippen LogP) is 0.436. The van der Waals surface area contributed by atoms with E-state index in [4.69, 9.17) is 4.74 Å². The average molecular weight is 222 g/mol. The highest BCUT2D eigenvalue weighted by atomic mass is 19.3. The summed E-state index contributed by atoms with van der Waals surface area (Å²) in [6.07, 6.45) is -1.62. The number of nitrogens with one attached hydrogen (secondary N) is 1. The number of halogens is 2. The highest BCUT2D eigenvalue weighted by Gasteiger charge is 2.28. The summed E-state index contributed by atoms with van der Waals surface area (Å²) in [5, 5.41) is 3.03. The first-order valence-corrected chi connectivity index (χ1v) is 5.04. The Morgan fingerprint density at radius 1 is 1.67 bits per heavy atom. The van der Waals surface area contributed by atoms with Gasteiger partial charge >= 0.3 is 0 Å². The number of hydrogen-bond acceptors (Lipinski definition) is 3. The van der Waals surface area contributed by atoms with Crippen molar-refractivity contribution in [2.24, 2.45) is 0 Å². The minimum Gasteiger partial charge on any atom is -0.374 e. The lowest BCUT2D eigenvalue weighted by Crippen LogP contribution is -2.39. The van der Waals surface area contributed by atoms with E-state index in [2.05, 4.69) is 5.32 Å². The van der Waals surface area contributed by atoms with Gasteiger partial charge in [0.1, 0.15) is 6.61 Å². The van der Waals surface area contributed by atoms with E-state index in [1.807, 2.05) is 6.92 Å². The topological polar surface area (TPSA) is 41.6 Å². The number of carbonyl (C=O) groups excluding carboxylic acids is 1. The van der Waals surface area contributed by atoms with Crippen LogP contribution in [0.15, 0.2) is 0 Å². The van der Waals surface area contributed by atoms with Crippen molar-refractivity contribution in [3.05, 3.63) is 0 Å². The lowest BCUT2D eigenvalue weighted by molar-refractivity contribution is -0.128. The molecular formula is C9H16F2N2O2. The maximum Gasteiger partial charge on any atom is 0.261 e. The quantitative estimate of drug-likeness (QED) is 0.663. The van der Waals surface area contributed by atoms with E-state index in [9.17, 15) is 13.6 Å². The third-order valence-corrected chi connectivity index (χ3v) is 2.29. The Morgan fingerprint density at radius 3 is 3.00 bits per heavy atom. The van der Waals surface area contributed by atoms with E-state index in [0.29, 0.717) is 13.1 Å². The van der Waals surface area contributed by atoms with Gasteiger partial charge in [-0.25, -0.2) is 8.78 Å². The van der Waals surface area contributed by atoms with E-state index in [1.54, 1.807) is 4.90 Å². The fraction of sp³-hybridized carbons (Fsp3) is 0.889. The van der Waals surface area contributed by atoms with Crippen LogP contribution < -0.4 is 5.32 Å². The molecule has 4 nitrogen and oxygen atoms in total. The Hall–Kier alpha value is -0.750. The molecule has 1 fully saturated rings. The van der Waals surface area contributed by atoms with Gasteiger partial charge in [-0.1, -0.05) is 6.92 Å². The zero-order valence-corrected chi connectivity index (χ0v) is 8.71. The second-order valence-corrected chi connectivity index (χ2v) is 3.36. The van der Waals surface area contributed by atoms with Crippen molar-refractivity contribution in [2.45, 2.75) is 25.9 Å². The van der Waals surface area contributed by atoms with Crippen LogP contribution in [0.1, 0.15) is 13.3 Å². The third kappa shape index (κ3) is 3.71. The Bertz CT molecular complexity index is 214. The molecule has 0 aromatic rings. The van der Waals surface area contributed by atoms with E-state index < -0.39 is 13.0 Å². The summed E-state index contributed by atoms with van der Waals surface area (Å²) in [7, 11) is 0. The van der Waals surface area contributed by atoms with Gasteiger partial charge in [0, 0.05) is 6.54 Å². The monoisotopic (exact) mass is 222 g/mol. The van der Waals surface area contributed by atoms with Crippen molar-refractivity contribution in [1.82, 2.24) is 10.2 Å². The summed E-state index contributed by atoms with van der Waals surface area (Å²) < 4.78 is 28.2. The summed E-state index contributed by atoms with van der Waals surface area (Å²) in [5.41, 5.74) is 0. The van der Waals surface area contributed by atoms with Crippen LogP contribution in [-0.2, 0) is 9.53 Å². The summed E-state index contributed by atoms with van der Waals surface area (Å²) in [4.78, 5) is 13.0. The second kappa shape index (κ2) is 5.97. The molecule has 0 spiro atoms. The Balaban J connectivity index is 2.21. The largest absolute Gasteiger partial charge is 0.374 e. The Morgan fingerprint density at radius 2 is 2.40 bits per heavy atom. The molecule has 0 bridgehead atoms. The number of rotatable bonds is 6. The molecule has 15 heavy (non-hydrogen) atoms. The van der Waals surface area contributed by atoms with Crippen LogP contribution in [-0.4, -0.2) is 49.7 Å². The van der Waals surface area contributed by atoms with Crippen molar-refractivity contribution in [1.29, 1.82) is 0 Å². The molecule has 0 aromatic carbocycles. The number of ether oxygens (including phenoxy) is 1. The predicted molar refractivity (Wildman–Crippen MR) is 50.6 cm³/mol. The zero-order chi connectivity index (χ0) is 11.3. The van der Waals surface area contributed by atoms with Crippen molar-refractivity contribution < 1.29 is 18.3 Å². The molecule has 1 heterocycles. The van der Waals surface area contributed by atoms with Gasteiger partial charge < -0.3 is 9.64 Å². The molecule has 0 aromatic heterocycles. The van der Waals surface area contributed by atoms with Crippen molar-refractivity contribution in [3.63, 3.8) is 0 Å². The average Bonchev–Trinajstić information content (AvgIpc) is 2.54. The van der Waals surface area contributed by atoms with Crippen LogP contribution in [0.25, 0.3) is 0 Å². The molecule has 1 unspecified atom stereocenters. The first-order chi connectivity index (χ1) is 7.15. The first-order valence-electron chi connectivity index (χ1n) is 5.04. The van der Waals surface area contributed by atoms with Crippen molar-refractivity contribution in [2.75, 3.05) is 26.3 Å². The van der Waals surface area contributed by atoms with E-state index in [1.165, 1.54) is 0 Å². The van der Waals surface area contributed by atoms with Crippen LogP contribution in [0.4, 0.5) is 8.78 Å². The molecule has 0 saturated carbocycles. The molecule has 1 atom stereocenters. The summed E-state index contributed by atoms with van der Waals surface area (Å²) in [6, 6.07) is 0. The van der Waals surface area contributed by atoms with Gasteiger partial charge in [0.15, 0.2) is 0 Å². The summed E-state index contributed by atoms with van der Waals surface area (Å²) >= 11 is 0. The number of amides is 1. The van der Waals surface area contributed by atoms with Crippen LogP contribution in [0.2, 0.25) is 0 Å². The number of carbonyl (C=O) groups is 1. The van der Waals surface area contributed by atoms with E-state index in [-0.39, 0.29) is 18.7 Å². The maximum atomic E-state index is 11.7. The number of hydrogen-bond donors (Lipinski definition) is 1. The van der Waals surface area contributed by atoms with Gasteiger partial charge in [0.05, 0.1) is 19.3 Å². The fourth-order valence-electron chi connectivity index (χ4n) is 1.57. The summed E-state index contributed by atoms with van der Waals surface area (Å²) in [6.45, 7) is 2.26. The molecule has 1 rings (SSSR count). The van der Waals surface area contributed by atoms with Crippen LogP contribution in [0.3, 0.4) is 0 Å². The second-order valence-electron chi connectivity index (χ2n) is 3.36. The lowest BCUT2D eigenvalue weighted by atomic mass is 10.3. The van der Waals surface area contributed by atoms with Crippen molar-refractivity contribution in [3.8, 4) is 0 Å². The Kier molecular flexibility index (Phi) is 4.90. The lowest BCUT2D eigenvalue weighted by Gasteiger charge is -2.22. The smallest absolute Gasteiger partial charge is 0.261 e. The van der Waals surface area contributed by atoms with E-state index >= 15 is 0 Å². The molecule has 0 radical (unpaired) electrons.